The van der Waals surface area contributed by atoms with E-state index in [2.05, 4.69) is 42.3 Å². The Labute approximate surface area is 162 Å². The highest BCUT2D eigenvalue weighted by Crippen LogP contribution is 2.54. The van der Waals surface area contributed by atoms with E-state index in [-0.39, 0.29) is 43.4 Å². The van der Waals surface area contributed by atoms with Crippen LogP contribution in [0.2, 0.25) is 0 Å². The van der Waals surface area contributed by atoms with Crippen LogP contribution in [0.1, 0.15) is 49.8 Å². The molecule has 0 aromatic heterocycles. The standard InChI is InChI=1S/C17H31N2O4P.CH4O/c1-11(2)19(12(3)4)24(20-10-9-18-8)23-16-15-13(5)22-17(16,7)14(6)21-15;1-2/h11-16H,9-10H2,1-7H3;2H,1H3/t13-,14?,15?,16+,17-,24?;/m0./s1/i7D;2T. The van der Waals surface area contributed by atoms with Crippen LogP contribution in [0.5, 0.6) is 0 Å². The van der Waals surface area contributed by atoms with Gasteiger partial charge in [0.25, 0.3) is 8.53 Å². The summed E-state index contributed by atoms with van der Waals surface area (Å²) in [6.45, 7) is 20.1. The summed E-state index contributed by atoms with van der Waals surface area (Å²) in [5, 5.41) is 3.50. The van der Waals surface area contributed by atoms with E-state index >= 15 is 0 Å². The van der Waals surface area contributed by atoms with E-state index < -0.39 is 14.1 Å². The summed E-state index contributed by atoms with van der Waals surface area (Å²) in [7, 11) is -0.0762. The van der Waals surface area contributed by atoms with Crippen LogP contribution in [0.15, 0.2) is 0 Å². The second-order valence-corrected chi connectivity index (χ2v) is 8.47. The van der Waals surface area contributed by atoms with Crippen molar-refractivity contribution in [2.24, 2.45) is 0 Å². The Hall–Kier alpha value is -0.320. The molecule has 2 heterocycles. The topological polar surface area (TPSA) is 64.8 Å². The summed E-state index contributed by atoms with van der Waals surface area (Å²) in [5.74, 6) is 0. The van der Waals surface area contributed by atoms with Crippen molar-refractivity contribution in [3.8, 4) is 0 Å². The number of aliphatic hydroxyl groups excluding tert-OH is 1. The van der Waals surface area contributed by atoms with Gasteiger partial charge < -0.3 is 28.5 Å². The minimum absolute atomic E-state index is 0.0915. The lowest BCUT2D eigenvalue weighted by Gasteiger charge is -2.38. The molecule has 0 aliphatic carbocycles. The third-order valence-electron chi connectivity index (χ3n) is 4.55. The maximum atomic E-state index is 8.04. The molecule has 2 saturated heterocycles. The van der Waals surface area contributed by atoms with Gasteiger partial charge in [-0.25, -0.2) is 11.2 Å². The van der Waals surface area contributed by atoms with Crippen LogP contribution in [0.4, 0.5) is 0 Å². The van der Waals surface area contributed by atoms with Crippen LogP contribution in [-0.2, 0) is 18.5 Å². The predicted octanol–water partition coefficient (Wildman–Crippen LogP) is 3.23. The number of ether oxygens (including phenoxy) is 2. The predicted molar refractivity (Wildman–Crippen MR) is 103 cm³/mol. The molecule has 0 spiro atoms. The molecule has 2 bridgehead atoms. The van der Waals surface area contributed by atoms with E-state index in [1.165, 1.54) is 7.11 Å². The first-order valence-electron chi connectivity index (χ1n) is 10.1. The fourth-order valence-corrected chi connectivity index (χ4v) is 5.19. The average Bonchev–Trinajstić information content (AvgIpc) is 3.02. The fourth-order valence-electron chi connectivity index (χ4n) is 3.40. The smallest absolute Gasteiger partial charge is 0.259 e. The molecule has 1 N–H and O–H groups in total. The van der Waals surface area contributed by atoms with E-state index in [1.54, 1.807) is 0 Å². The van der Waals surface area contributed by atoms with Crippen molar-refractivity contribution >= 4 is 8.53 Å². The molecular weight excluding hydrogens is 355 g/mol. The molecule has 152 valence electrons. The summed E-state index contributed by atoms with van der Waals surface area (Å²) in [6, 6.07) is 0.475. The molecule has 2 fully saturated rings. The lowest BCUT2D eigenvalue weighted by molar-refractivity contribution is -0.167. The Morgan fingerprint density at radius 2 is 2.04 bits per heavy atom. The molecule has 7 nitrogen and oxygen atoms in total. The molecule has 3 unspecified atom stereocenters. The first kappa shape index (κ1) is 20.4. The quantitative estimate of drug-likeness (QED) is 0.388. The van der Waals surface area contributed by atoms with Crippen molar-refractivity contribution < 1.29 is 25.0 Å². The average molecular weight is 393 g/mol. The van der Waals surface area contributed by atoms with Gasteiger partial charge in [-0.2, -0.15) is 0 Å². The van der Waals surface area contributed by atoms with E-state index in [9.17, 15) is 0 Å². The Morgan fingerprint density at radius 1 is 1.42 bits per heavy atom. The number of hydrogen-bond acceptors (Lipinski definition) is 6. The van der Waals surface area contributed by atoms with Crippen molar-refractivity contribution in [2.75, 3.05) is 20.3 Å². The van der Waals surface area contributed by atoms with Crippen molar-refractivity contribution in [1.29, 1.82) is 1.43 Å². The zero-order valence-electron chi connectivity index (χ0n) is 19.0. The van der Waals surface area contributed by atoms with Crippen LogP contribution in [0.3, 0.4) is 0 Å². The summed E-state index contributed by atoms with van der Waals surface area (Å²) >= 11 is 0. The normalized spacial score (nSPS) is 35.1. The lowest BCUT2D eigenvalue weighted by Crippen LogP contribution is -2.44. The van der Waals surface area contributed by atoms with Gasteiger partial charge in [-0.3, -0.25) is 0 Å². The molecule has 8 heteroatoms. The van der Waals surface area contributed by atoms with Gasteiger partial charge in [0.15, 0.2) is 0 Å². The van der Waals surface area contributed by atoms with Gasteiger partial charge >= 0.3 is 0 Å². The summed E-state index contributed by atoms with van der Waals surface area (Å²) in [4.78, 5) is 3.37. The van der Waals surface area contributed by atoms with Gasteiger partial charge in [0.05, 0.1) is 12.2 Å². The molecule has 6 atom stereocenters. The number of fused-ring (bicyclic) bond motifs is 2. The molecule has 2 aliphatic rings. The van der Waals surface area contributed by atoms with Crippen molar-refractivity contribution in [2.45, 2.75) is 90.5 Å². The first-order chi connectivity index (χ1) is 13.2. The molecule has 2 aliphatic heterocycles. The minimum Gasteiger partial charge on any atom is -0.400 e. The van der Waals surface area contributed by atoms with Gasteiger partial charge in [-0.05, 0) is 48.4 Å². The first-order valence-corrected chi connectivity index (χ1v) is 10.2. The van der Waals surface area contributed by atoms with Crippen molar-refractivity contribution in [3.05, 3.63) is 11.4 Å². The third kappa shape index (κ3) is 4.94. The monoisotopic (exact) mass is 393 g/mol. The summed E-state index contributed by atoms with van der Waals surface area (Å²) < 4.78 is 40.5. The fraction of sp³-hybridized carbons (Fsp3) is 0.944. The van der Waals surface area contributed by atoms with E-state index in [1.807, 2.05) is 13.8 Å². The molecular formula is C18H35N2O5P. The third-order valence-corrected chi connectivity index (χ3v) is 6.66. The minimum atomic E-state index is -1.37. The van der Waals surface area contributed by atoms with Crippen LogP contribution in [0, 0.1) is 6.57 Å². The van der Waals surface area contributed by atoms with Crippen LogP contribution < -0.4 is 0 Å². The number of hydrogen-bond donors (Lipinski definition) is 1. The molecule has 2 rings (SSSR count). The van der Waals surface area contributed by atoms with Gasteiger partial charge in [0.2, 0.25) is 7.98 Å². The second kappa shape index (κ2) is 10.3. The maximum Gasteiger partial charge on any atom is 0.259 e. The molecule has 0 radical (unpaired) electrons. The highest BCUT2D eigenvalue weighted by Gasteiger charge is 2.63. The van der Waals surface area contributed by atoms with Crippen LogP contribution in [-0.4, -0.2) is 73.6 Å². The molecule has 0 amide bonds. The lowest BCUT2D eigenvalue weighted by atomic mass is 9.96. The Bertz CT molecular complexity index is 503. The summed E-state index contributed by atoms with van der Waals surface area (Å²) in [5.41, 5.74) is -0.743. The largest absolute Gasteiger partial charge is 0.400 e. The van der Waals surface area contributed by atoms with Crippen molar-refractivity contribution in [1.82, 2.24) is 4.67 Å². The van der Waals surface area contributed by atoms with Gasteiger partial charge in [0, 0.05) is 20.6 Å². The number of aliphatic hydroxyl groups is 1. The van der Waals surface area contributed by atoms with Gasteiger partial charge in [0.1, 0.15) is 24.4 Å². The van der Waals surface area contributed by atoms with E-state index in [0.29, 0.717) is 13.2 Å². The number of nitrogens with zero attached hydrogens (tertiary/aromatic N) is 2. The SMILES string of the molecule is [2H]C[C@]12O[C@@H](C)C(OC1C)[C@H]2OP(OCC[N+]#[C-])N(C(C)C)C(C)C.[3H]OC. The molecule has 0 aromatic carbocycles. The van der Waals surface area contributed by atoms with Gasteiger partial charge in [-0.15, -0.1) is 0 Å². The molecule has 0 saturated carbocycles. The Kier molecular flexibility index (Phi) is 8.08. The summed E-state index contributed by atoms with van der Waals surface area (Å²) in [6.07, 6.45) is -0.786. The number of rotatable bonds is 8. The van der Waals surface area contributed by atoms with E-state index in [4.69, 9.17) is 27.9 Å². The maximum absolute atomic E-state index is 8.04. The zero-order valence-corrected chi connectivity index (χ0v) is 17.9. The van der Waals surface area contributed by atoms with Crippen molar-refractivity contribution in [3.63, 3.8) is 0 Å². The molecule has 26 heavy (non-hydrogen) atoms. The second-order valence-electron chi connectivity index (χ2n) is 7.07. The van der Waals surface area contributed by atoms with Gasteiger partial charge in [-0.1, -0.05) is 0 Å². The Morgan fingerprint density at radius 3 is 2.54 bits per heavy atom. The molecule has 0 aromatic rings. The highest BCUT2D eigenvalue weighted by atomic mass is 31.2. The van der Waals surface area contributed by atoms with Crippen LogP contribution >= 0.6 is 8.53 Å². The van der Waals surface area contributed by atoms with Crippen LogP contribution in [0.25, 0.3) is 4.85 Å². The van der Waals surface area contributed by atoms with E-state index in [0.717, 1.165) is 0 Å². The Balaban J connectivity index is 0.00000122. The highest BCUT2D eigenvalue weighted by molar-refractivity contribution is 7.44. The zero-order chi connectivity index (χ0) is 21.5.